The maximum absolute atomic E-state index is 14.3. The number of para-hydroxylation sites is 1. The van der Waals surface area contributed by atoms with Gasteiger partial charge in [0.2, 0.25) is 11.5 Å². The zero-order valence-electron chi connectivity index (χ0n) is 31.0. The van der Waals surface area contributed by atoms with Crippen LogP contribution in [0.2, 0.25) is 0 Å². The molecule has 0 aliphatic carbocycles. The third-order valence-electron chi connectivity index (χ3n) is 11.0. The van der Waals surface area contributed by atoms with Crippen molar-refractivity contribution < 1.29 is 33.8 Å². The first-order chi connectivity index (χ1) is 27.0. The highest BCUT2D eigenvalue weighted by Gasteiger charge is 2.51. The molecule has 0 fully saturated rings. The number of carboxylic acid groups (broad SMARTS) is 1. The van der Waals surface area contributed by atoms with Gasteiger partial charge in [0.1, 0.15) is 12.6 Å². The summed E-state index contributed by atoms with van der Waals surface area (Å²) in [7, 11) is 0. The Morgan fingerprint density at radius 2 is 1.93 bits per heavy atom. The molecule has 0 saturated heterocycles. The molecule has 0 spiro atoms. The van der Waals surface area contributed by atoms with E-state index in [-0.39, 0.29) is 37.1 Å². The van der Waals surface area contributed by atoms with Gasteiger partial charge in [-0.2, -0.15) is 0 Å². The molecule has 3 aliphatic rings. The number of benzene rings is 2. The number of unbranched alkanes of at least 4 members (excludes halogenated alkanes) is 2. The van der Waals surface area contributed by atoms with Crippen LogP contribution in [-0.2, 0) is 53.8 Å². The molecule has 3 atom stereocenters. The summed E-state index contributed by atoms with van der Waals surface area (Å²) in [5.74, 6) is -4.28. The first-order valence-electron chi connectivity index (χ1n) is 18.8. The number of aliphatic carboxylic acids is 1. The average molecular weight is 760 g/mol. The number of carbonyl (C=O) groups excluding carboxylic acids is 3. The topological polar surface area (TPSA) is 211 Å². The number of pyridine rings is 2. The van der Waals surface area contributed by atoms with E-state index in [0.717, 1.165) is 64.6 Å². The molecule has 0 saturated carbocycles. The van der Waals surface area contributed by atoms with E-state index in [4.69, 9.17) is 25.2 Å². The zero-order valence-corrected chi connectivity index (χ0v) is 31.0. The number of carbonyl (C=O) groups is 4. The number of aromatic nitrogens is 3. The van der Waals surface area contributed by atoms with Crippen molar-refractivity contribution in [2.75, 3.05) is 11.4 Å². The summed E-state index contributed by atoms with van der Waals surface area (Å²) in [6, 6.07) is 12.0. The number of fused-ring (bicyclic) bond motifs is 6. The summed E-state index contributed by atoms with van der Waals surface area (Å²) in [4.78, 5) is 82.0. The fourth-order valence-electron chi connectivity index (χ4n) is 8.07. The second kappa shape index (κ2) is 14.4. The van der Waals surface area contributed by atoms with E-state index in [1.807, 2.05) is 48.8 Å². The van der Waals surface area contributed by atoms with E-state index in [2.05, 4.69) is 22.1 Å². The van der Waals surface area contributed by atoms with Crippen LogP contribution in [0.25, 0.3) is 33.2 Å². The lowest BCUT2D eigenvalue weighted by Gasteiger charge is -2.36. The van der Waals surface area contributed by atoms with Crippen LogP contribution < -0.4 is 21.5 Å². The molecule has 56 heavy (non-hydrogen) atoms. The summed E-state index contributed by atoms with van der Waals surface area (Å²) in [6.07, 6.45) is 5.75. The van der Waals surface area contributed by atoms with Gasteiger partial charge in [-0.25, -0.2) is 19.6 Å². The summed E-state index contributed by atoms with van der Waals surface area (Å²) in [5.41, 5.74) is 9.87. The maximum atomic E-state index is 14.3. The van der Waals surface area contributed by atoms with Crippen LogP contribution in [-0.4, -0.2) is 68.4 Å². The zero-order chi connectivity index (χ0) is 39.3. The summed E-state index contributed by atoms with van der Waals surface area (Å²) in [6.45, 7) is 4.35. The van der Waals surface area contributed by atoms with E-state index in [0.29, 0.717) is 16.9 Å². The Morgan fingerprint density at radius 3 is 2.71 bits per heavy atom. The lowest BCUT2D eigenvalue weighted by Crippen LogP contribution is -2.51. The van der Waals surface area contributed by atoms with Gasteiger partial charge in [-0.15, -0.1) is 0 Å². The minimum atomic E-state index is -2.07. The van der Waals surface area contributed by atoms with Crippen molar-refractivity contribution in [3.8, 4) is 11.4 Å². The minimum Gasteiger partial charge on any atom is -0.480 e. The van der Waals surface area contributed by atoms with Crippen molar-refractivity contribution in [3.05, 3.63) is 87.3 Å². The second-order valence-electron chi connectivity index (χ2n) is 14.4. The Labute approximate surface area is 320 Å². The molecule has 15 nitrogen and oxygen atoms in total. The van der Waals surface area contributed by atoms with Gasteiger partial charge in [0, 0.05) is 34.8 Å². The van der Waals surface area contributed by atoms with E-state index < -0.39 is 53.5 Å². The quantitative estimate of drug-likeness (QED) is 0.0963. The molecule has 15 heteroatoms. The first kappa shape index (κ1) is 36.6. The molecular formula is C41H41N7O8. The number of amides is 1. The van der Waals surface area contributed by atoms with Crippen LogP contribution in [0.15, 0.2) is 64.5 Å². The molecule has 0 radical (unpaired) electrons. The molecule has 1 amide bonds. The standard InChI is InChI=1S/C41H41N7O8/c1-3-5-8-14-47-21-44-29-12-9-13-30-34(29)36(47)24-19-48-32(35(24)45-30)16-26-25(38(48)51)20-55-40(54)41(26,4-2)56-33(49)17-31(39(52)53)46-37(50)27(42)15-22-18-43-28-11-7-6-10-23(22)28/h6-7,9-13,16,18,21,27,31,43H,3-5,8,14-15,17,19-20,42H2,1-2H3,(H,46,50)(H,52,53)/t27-,31-,41-/m0/s1. The molecule has 5 N–H and O–H groups in total. The Balaban J connectivity index is 1.09. The van der Waals surface area contributed by atoms with Gasteiger partial charge in [0.05, 0.1) is 64.6 Å². The van der Waals surface area contributed by atoms with E-state index in [1.165, 1.54) is 0 Å². The molecule has 0 unspecified atom stereocenters. The number of aliphatic imine (C=N–C) groups is 1. The number of hydrogen-bond acceptors (Lipinski definition) is 11. The van der Waals surface area contributed by atoms with Gasteiger partial charge in [-0.1, -0.05) is 51.0 Å². The Hall–Kier alpha value is -6.35. The number of ether oxygens (including phenoxy) is 2. The molecule has 5 aromatic rings. The lowest BCUT2D eigenvalue weighted by molar-refractivity contribution is -0.190. The highest BCUT2D eigenvalue weighted by atomic mass is 16.6. The summed E-state index contributed by atoms with van der Waals surface area (Å²) >= 11 is 0. The monoisotopic (exact) mass is 759 g/mol. The van der Waals surface area contributed by atoms with Gasteiger partial charge >= 0.3 is 17.9 Å². The molecule has 8 rings (SSSR count). The van der Waals surface area contributed by atoms with Crippen LogP contribution in [0, 0.1) is 0 Å². The number of aromatic amines is 1. The predicted molar refractivity (Wildman–Crippen MR) is 208 cm³/mol. The number of nitrogens with one attached hydrogen (secondary N) is 2. The van der Waals surface area contributed by atoms with Crippen LogP contribution in [0.1, 0.15) is 68.2 Å². The normalized spacial score (nSPS) is 17.6. The van der Waals surface area contributed by atoms with Crippen LogP contribution >= 0.6 is 0 Å². The number of esters is 2. The van der Waals surface area contributed by atoms with E-state index in [9.17, 15) is 29.1 Å². The SMILES string of the molecule is CCCCCN1C=Nc2cccc3nc4c(c1c23)Cn1c-4cc2c(c1=O)COC(=O)[C@@]2(CC)OC(=O)C[C@H](NC(=O)[C@@H](N)Cc1c[nH]c2ccccc12)C(=O)O. The number of hydrogen-bond donors (Lipinski definition) is 4. The molecule has 3 aromatic heterocycles. The third-order valence-corrected chi connectivity index (χ3v) is 11.0. The van der Waals surface area contributed by atoms with Crippen molar-refractivity contribution in [3.63, 3.8) is 0 Å². The number of rotatable bonds is 13. The van der Waals surface area contributed by atoms with Gasteiger partial charge in [-0.3, -0.25) is 14.4 Å². The fraction of sp³-hybridized carbons (Fsp3) is 0.341. The number of cyclic esters (lactones) is 1. The molecular weight excluding hydrogens is 718 g/mol. The molecule has 0 bridgehead atoms. The van der Waals surface area contributed by atoms with Crippen LogP contribution in [0.4, 0.5) is 11.4 Å². The Kier molecular flexibility index (Phi) is 9.40. The third kappa shape index (κ3) is 6.08. The van der Waals surface area contributed by atoms with Crippen LogP contribution in [0.5, 0.6) is 0 Å². The van der Waals surface area contributed by atoms with Crippen LogP contribution in [0.3, 0.4) is 0 Å². The largest absolute Gasteiger partial charge is 0.480 e. The Morgan fingerprint density at radius 1 is 1.11 bits per heavy atom. The maximum Gasteiger partial charge on any atom is 0.355 e. The Bertz CT molecular complexity index is 2540. The highest BCUT2D eigenvalue weighted by molar-refractivity contribution is 6.11. The average Bonchev–Trinajstić information content (AvgIpc) is 3.78. The lowest BCUT2D eigenvalue weighted by atomic mass is 9.85. The first-order valence-corrected chi connectivity index (χ1v) is 18.8. The number of nitrogens with two attached hydrogens (primary N) is 1. The number of carboxylic acids is 1. The smallest absolute Gasteiger partial charge is 0.355 e. The summed E-state index contributed by atoms with van der Waals surface area (Å²) in [5, 5.41) is 14.1. The second-order valence-corrected chi connectivity index (χ2v) is 14.4. The van der Waals surface area contributed by atoms with Crippen molar-refractivity contribution in [2.24, 2.45) is 10.7 Å². The molecule has 2 aromatic carbocycles. The molecule has 3 aliphatic heterocycles. The highest BCUT2D eigenvalue weighted by Crippen LogP contribution is 2.47. The van der Waals surface area contributed by atoms with Gasteiger partial charge in [0.25, 0.3) is 5.56 Å². The van der Waals surface area contributed by atoms with Crippen molar-refractivity contribution in [2.45, 2.75) is 83.2 Å². The van der Waals surface area contributed by atoms with E-state index in [1.54, 1.807) is 23.8 Å². The van der Waals surface area contributed by atoms with Gasteiger partial charge < -0.3 is 40.1 Å². The number of nitrogens with zero attached hydrogens (tertiary/aromatic N) is 4. The number of anilines is 1. The van der Waals surface area contributed by atoms with Crippen molar-refractivity contribution >= 4 is 63.3 Å². The van der Waals surface area contributed by atoms with Crippen molar-refractivity contribution in [1.29, 1.82) is 0 Å². The fourth-order valence-corrected chi connectivity index (χ4v) is 8.07. The van der Waals surface area contributed by atoms with E-state index >= 15 is 0 Å². The van der Waals surface area contributed by atoms with Crippen molar-refractivity contribution in [1.82, 2.24) is 19.9 Å². The summed E-state index contributed by atoms with van der Waals surface area (Å²) < 4.78 is 13.0. The molecule has 6 heterocycles. The van der Waals surface area contributed by atoms with Gasteiger partial charge in [-0.05, 0) is 49.1 Å². The molecule has 288 valence electrons. The number of H-pyrrole nitrogens is 1. The van der Waals surface area contributed by atoms with Gasteiger partial charge in [0.15, 0.2) is 0 Å². The minimum absolute atomic E-state index is 0.106. The predicted octanol–water partition coefficient (Wildman–Crippen LogP) is 4.31.